The number of carbonyl (C=O) groups excluding carboxylic acids is 1. The lowest BCUT2D eigenvalue weighted by atomic mass is 9.93. The molecule has 0 bridgehead atoms. The van der Waals surface area contributed by atoms with Crippen LogP contribution in [0.2, 0.25) is 0 Å². The number of amides is 1. The first-order chi connectivity index (χ1) is 11.6. The number of carbonyl (C=O) groups is 1. The molecule has 0 aliphatic carbocycles. The minimum absolute atomic E-state index is 0.0731. The van der Waals surface area contributed by atoms with Crippen LogP contribution in [0.15, 0.2) is 54.6 Å². The second kappa shape index (κ2) is 7.14. The highest BCUT2D eigenvalue weighted by Gasteiger charge is 2.39. The van der Waals surface area contributed by atoms with Crippen molar-refractivity contribution in [3.8, 4) is 0 Å². The molecule has 0 saturated carbocycles. The van der Waals surface area contributed by atoms with Crippen LogP contribution in [0.4, 0.5) is 4.39 Å². The van der Waals surface area contributed by atoms with E-state index in [9.17, 15) is 14.3 Å². The fourth-order valence-electron chi connectivity index (χ4n) is 3.24. The maximum atomic E-state index is 12.9. The van der Waals surface area contributed by atoms with Crippen LogP contribution in [0, 0.1) is 5.82 Å². The first-order valence-corrected chi connectivity index (χ1v) is 8.37. The molecule has 1 atom stereocenters. The standard InChI is InChI=1S/C20H22FNO2/c21-18-11-9-16(10-12-18)5-4-8-19(23)22-14-13-20(24,15-22)17-6-2-1-3-7-17/h1-3,6-7,9-12,24H,4-5,8,13-15H2/t20-/m0/s1. The topological polar surface area (TPSA) is 40.5 Å². The van der Waals surface area contributed by atoms with E-state index in [4.69, 9.17) is 0 Å². The number of nitrogens with zero attached hydrogens (tertiary/aromatic N) is 1. The van der Waals surface area contributed by atoms with Gasteiger partial charge in [-0.15, -0.1) is 0 Å². The third kappa shape index (κ3) is 3.82. The Morgan fingerprint density at radius 1 is 1.12 bits per heavy atom. The Morgan fingerprint density at radius 3 is 2.54 bits per heavy atom. The van der Waals surface area contributed by atoms with E-state index < -0.39 is 5.60 Å². The van der Waals surface area contributed by atoms with E-state index in [1.54, 1.807) is 17.0 Å². The molecule has 3 rings (SSSR count). The van der Waals surface area contributed by atoms with Crippen molar-refractivity contribution in [3.63, 3.8) is 0 Å². The van der Waals surface area contributed by atoms with E-state index in [0.29, 0.717) is 25.9 Å². The summed E-state index contributed by atoms with van der Waals surface area (Å²) in [5.74, 6) is -0.170. The fraction of sp³-hybridized carbons (Fsp3) is 0.350. The van der Waals surface area contributed by atoms with E-state index in [-0.39, 0.29) is 11.7 Å². The quantitative estimate of drug-likeness (QED) is 0.916. The minimum Gasteiger partial charge on any atom is -0.383 e. The molecule has 1 aliphatic heterocycles. The molecule has 2 aromatic rings. The lowest BCUT2D eigenvalue weighted by Crippen LogP contribution is -2.34. The van der Waals surface area contributed by atoms with Crippen LogP contribution in [-0.2, 0) is 16.8 Å². The number of aryl methyl sites for hydroxylation is 1. The van der Waals surface area contributed by atoms with E-state index in [2.05, 4.69) is 0 Å². The third-order valence-corrected chi connectivity index (χ3v) is 4.68. The monoisotopic (exact) mass is 327 g/mol. The molecule has 0 aromatic heterocycles. The normalized spacial score (nSPS) is 20.3. The van der Waals surface area contributed by atoms with Crippen LogP contribution in [0.1, 0.15) is 30.4 Å². The predicted molar refractivity (Wildman–Crippen MR) is 90.9 cm³/mol. The zero-order valence-electron chi connectivity index (χ0n) is 13.6. The Morgan fingerprint density at radius 2 is 1.83 bits per heavy atom. The Labute approximate surface area is 141 Å². The average molecular weight is 327 g/mol. The summed E-state index contributed by atoms with van der Waals surface area (Å²) in [6, 6.07) is 15.9. The van der Waals surface area contributed by atoms with Gasteiger partial charge in [0, 0.05) is 13.0 Å². The van der Waals surface area contributed by atoms with Crippen LogP contribution in [-0.4, -0.2) is 29.0 Å². The Kier molecular flexibility index (Phi) is 4.95. The minimum atomic E-state index is -0.937. The van der Waals surface area contributed by atoms with Gasteiger partial charge in [0.15, 0.2) is 0 Å². The summed E-state index contributed by atoms with van der Waals surface area (Å²) in [4.78, 5) is 14.1. The van der Waals surface area contributed by atoms with Crippen LogP contribution < -0.4 is 0 Å². The SMILES string of the molecule is O=C(CCCc1ccc(F)cc1)N1CC[C@@](O)(c2ccccc2)C1. The number of halogens is 1. The number of rotatable bonds is 5. The van der Waals surface area contributed by atoms with Gasteiger partial charge in [0.25, 0.3) is 0 Å². The average Bonchev–Trinajstić information content (AvgIpc) is 3.01. The van der Waals surface area contributed by atoms with Gasteiger partial charge < -0.3 is 10.0 Å². The molecule has 1 aliphatic rings. The molecule has 0 spiro atoms. The van der Waals surface area contributed by atoms with Crippen LogP contribution in [0.5, 0.6) is 0 Å². The first-order valence-electron chi connectivity index (χ1n) is 8.37. The molecule has 4 heteroatoms. The van der Waals surface area contributed by atoms with E-state index in [0.717, 1.165) is 24.0 Å². The fourth-order valence-corrected chi connectivity index (χ4v) is 3.24. The van der Waals surface area contributed by atoms with Crippen LogP contribution in [0.25, 0.3) is 0 Å². The summed E-state index contributed by atoms with van der Waals surface area (Å²) in [5.41, 5.74) is 0.964. The number of benzene rings is 2. The van der Waals surface area contributed by atoms with Crippen molar-refractivity contribution in [2.24, 2.45) is 0 Å². The summed E-state index contributed by atoms with van der Waals surface area (Å²) >= 11 is 0. The van der Waals surface area contributed by atoms with Gasteiger partial charge in [0.1, 0.15) is 11.4 Å². The van der Waals surface area contributed by atoms with Crippen molar-refractivity contribution >= 4 is 5.91 Å². The van der Waals surface area contributed by atoms with Crippen molar-refractivity contribution in [2.45, 2.75) is 31.3 Å². The number of hydrogen-bond acceptors (Lipinski definition) is 2. The highest BCUT2D eigenvalue weighted by atomic mass is 19.1. The molecule has 1 heterocycles. The molecule has 126 valence electrons. The first kappa shape index (κ1) is 16.7. The molecule has 1 saturated heterocycles. The molecule has 1 amide bonds. The summed E-state index contributed by atoms with van der Waals surface area (Å²) < 4.78 is 12.9. The molecule has 0 unspecified atom stereocenters. The van der Waals surface area contributed by atoms with Crippen molar-refractivity contribution in [2.75, 3.05) is 13.1 Å². The largest absolute Gasteiger partial charge is 0.383 e. The lowest BCUT2D eigenvalue weighted by molar-refractivity contribution is -0.131. The summed E-state index contributed by atoms with van der Waals surface area (Å²) in [5, 5.41) is 10.8. The molecule has 1 N–H and O–H groups in total. The van der Waals surface area contributed by atoms with E-state index in [1.807, 2.05) is 30.3 Å². The zero-order chi connectivity index (χ0) is 17.0. The second-order valence-electron chi connectivity index (χ2n) is 6.44. The van der Waals surface area contributed by atoms with Gasteiger partial charge in [0.2, 0.25) is 5.91 Å². The second-order valence-corrected chi connectivity index (χ2v) is 6.44. The van der Waals surface area contributed by atoms with Crippen molar-refractivity contribution in [1.29, 1.82) is 0 Å². The Hall–Kier alpha value is -2.20. The number of aliphatic hydroxyl groups is 1. The highest BCUT2D eigenvalue weighted by molar-refractivity contribution is 5.76. The summed E-state index contributed by atoms with van der Waals surface area (Å²) in [6.45, 7) is 0.938. The van der Waals surface area contributed by atoms with Gasteiger partial charge in [-0.05, 0) is 42.5 Å². The molecule has 24 heavy (non-hydrogen) atoms. The van der Waals surface area contributed by atoms with Gasteiger partial charge in [-0.2, -0.15) is 0 Å². The smallest absolute Gasteiger partial charge is 0.222 e. The van der Waals surface area contributed by atoms with Gasteiger partial charge in [-0.1, -0.05) is 42.5 Å². The van der Waals surface area contributed by atoms with Crippen molar-refractivity contribution < 1.29 is 14.3 Å². The van der Waals surface area contributed by atoms with Crippen molar-refractivity contribution in [3.05, 3.63) is 71.5 Å². The molecule has 2 aromatic carbocycles. The number of β-amino-alcohol motifs (C(OH)–C–C–N with tert-alkyl or cyclic N) is 1. The predicted octanol–water partition coefficient (Wildman–Crippen LogP) is 3.27. The van der Waals surface area contributed by atoms with Gasteiger partial charge >= 0.3 is 0 Å². The van der Waals surface area contributed by atoms with Crippen LogP contribution >= 0.6 is 0 Å². The lowest BCUT2D eigenvalue weighted by Gasteiger charge is -2.24. The summed E-state index contributed by atoms with van der Waals surface area (Å²) in [7, 11) is 0. The maximum Gasteiger partial charge on any atom is 0.222 e. The summed E-state index contributed by atoms with van der Waals surface area (Å²) in [6.07, 6.45) is 2.50. The van der Waals surface area contributed by atoms with Gasteiger partial charge in [-0.3, -0.25) is 4.79 Å². The Balaban J connectivity index is 1.50. The van der Waals surface area contributed by atoms with Crippen molar-refractivity contribution in [1.82, 2.24) is 4.90 Å². The van der Waals surface area contributed by atoms with Crippen LogP contribution in [0.3, 0.4) is 0 Å². The molecular formula is C20H22FNO2. The van der Waals surface area contributed by atoms with Gasteiger partial charge in [0.05, 0.1) is 6.54 Å². The number of hydrogen-bond donors (Lipinski definition) is 1. The molecule has 0 radical (unpaired) electrons. The Bertz CT molecular complexity index is 687. The molecule has 1 fully saturated rings. The van der Waals surface area contributed by atoms with Gasteiger partial charge in [-0.25, -0.2) is 4.39 Å². The number of likely N-dealkylation sites (tertiary alicyclic amines) is 1. The zero-order valence-corrected chi connectivity index (χ0v) is 13.6. The molecule has 3 nitrogen and oxygen atoms in total. The van der Waals surface area contributed by atoms with E-state index in [1.165, 1.54) is 12.1 Å². The van der Waals surface area contributed by atoms with E-state index >= 15 is 0 Å². The highest BCUT2D eigenvalue weighted by Crippen LogP contribution is 2.32. The molecular weight excluding hydrogens is 305 g/mol. The maximum absolute atomic E-state index is 12.9. The third-order valence-electron chi connectivity index (χ3n) is 4.68.